The third kappa shape index (κ3) is 3.95. The number of nitrogens with one attached hydrogen (secondary N) is 1. The minimum atomic E-state index is -0.0732. The lowest BCUT2D eigenvalue weighted by atomic mass is 10.2. The van der Waals surface area contributed by atoms with Gasteiger partial charge >= 0.3 is 0 Å². The molecule has 0 aliphatic carbocycles. The van der Waals surface area contributed by atoms with Gasteiger partial charge in [0.1, 0.15) is 5.69 Å². The first-order valence-electron chi connectivity index (χ1n) is 7.87. The van der Waals surface area contributed by atoms with E-state index >= 15 is 0 Å². The van der Waals surface area contributed by atoms with Crippen LogP contribution in [0.15, 0.2) is 36.5 Å². The molecule has 2 aromatic rings. The fourth-order valence-electron chi connectivity index (χ4n) is 2.38. The maximum Gasteiger partial charge on any atom is 0.272 e. The van der Waals surface area contributed by atoms with Crippen LogP contribution in [0.4, 0.5) is 11.4 Å². The normalized spacial score (nSPS) is 10.2. The highest BCUT2D eigenvalue weighted by molar-refractivity contribution is 5.93. The Balaban J connectivity index is 2.22. The summed E-state index contributed by atoms with van der Waals surface area (Å²) in [5, 5.41) is 3.25. The van der Waals surface area contributed by atoms with Crippen LogP contribution >= 0.6 is 0 Å². The van der Waals surface area contributed by atoms with E-state index < -0.39 is 0 Å². The van der Waals surface area contributed by atoms with Gasteiger partial charge in [-0.15, -0.1) is 0 Å². The first-order valence-corrected chi connectivity index (χ1v) is 7.87. The fraction of sp³-hybridized carbons (Fsp3) is 0.333. The zero-order valence-electron chi connectivity index (χ0n) is 14.5. The van der Waals surface area contributed by atoms with Crippen LogP contribution in [0.25, 0.3) is 0 Å². The smallest absolute Gasteiger partial charge is 0.272 e. The molecule has 1 amide bonds. The van der Waals surface area contributed by atoms with Crippen LogP contribution in [0.2, 0.25) is 0 Å². The zero-order chi connectivity index (χ0) is 17.5. The number of methoxy groups -OCH3 is 2. The maximum atomic E-state index is 12.4. The second kappa shape index (κ2) is 8.19. The molecule has 1 aromatic heterocycles. The van der Waals surface area contributed by atoms with E-state index in [2.05, 4.69) is 10.3 Å². The Labute approximate surface area is 142 Å². The van der Waals surface area contributed by atoms with Gasteiger partial charge in [-0.25, -0.2) is 0 Å². The summed E-state index contributed by atoms with van der Waals surface area (Å²) in [6.45, 7) is 5.22. The summed E-state index contributed by atoms with van der Waals surface area (Å²) >= 11 is 0. The molecular formula is C18H23N3O3. The van der Waals surface area contributed by atoms with Crippen molar-refractivity contribution in [3.05, 3.63) is 42.2 Å². The van der Waals surface area contributed by atoms with E-state index in [1.54, 1.807) is 31.4 Å². The van der Waals surface area contributed by atoms with Crippen LogP contribution < -0.4 is 14.8 Å². The summed E-state index contributed by atoms with van der Waals surface area (Å²) in [6.07, 6.45) is 1.62. The number of ether oxygens (including phenoxy) is 2. The second-order valence-corrected chi connectivity index (χ2v) is 5.10. The second-order valence-electron chi connectivity index (χ2n) is 5.10. The summed E-state index contributed by atoms with van der Waals surface area (Å²) in [4.78, 5) is 18.3. The van der Waals surface area contributed by atoms with E-state index in [0.29, 0.717) is 30.3 Å². The molecule has 0 aliphatic rings. The van der Waals surface area contributed by atoms with Gasteiger partial charge in [0, 0.05) is 36.7 Å². The van der Waals surface area contributed by atoms with Crippen LogP contribution in [0.5, 0.6) is 11.5 Å². The van der Waals surface area contributed by atoms with E-state index in [4.69, 9.17) is 9.47 Å². The van der Waals surface area contributed by atoms with Gasteiger partial charge in [-0.1, -0.05) is 0 Å². The van der Waals surface area contributed by atoms with Gasteiger partial charge in [0.15, 0.2) is 11.5 Å². The monoisotopic (exact) mass is 329 g/mol. The topological polar surface area (TPSA) is 63.7 Å². The number of nitrogens with zero attached hydrogens (tertiary/aromatic N) is 2. The Kier molecular flexibility index (Phi) is 6.01. The van der Waals surface area contributed by atoms with Crippen molar-refractivity contribution in [2.24, 2.45) is 0 Å². The molecule has 0 saturated carbocycles. The van der Waals surface area contributed by atoms with Crippen molar-refractivity contribution in [3.63, 3.8) is 0 Å². The molecule has 0 aliphatic heterocycles. The third-order valence-corrected chi connectivity index (χ3v) is 3.70. The average molecular weight is 329 g/mol. The lowest BCUT2D eigenvalue weighted by Crippen LogP contribution is -2.31. The van der Waals surface area contributed by atoms with Gasteiger partial charge in [0.05, 0.1) is 14.2 Å². The predicted octanol–water partition coefficient (Wildman–Crippen LogP) is 3.32. The molecule has 1 heterocycles. The Morgan fingerprint density at radius 1 is 1.04 bits per heavy atom. The van der Waals surface area contributed by atoms with Gasteiger partial charge in [0.2, 0.25) is 0 Å². The summed E-state index contributed by atoms with van der Waals surface area (Å²) in [7, 11) is 3.19. The number of benzene rings is 1. The molecule has 0 atom stereocenters. The quantitative estimate of drug-likeness (QED) is 0.844. The Bertz CT molecular complexity index is 700. The number of aromatic nitrogens is 1. The summed E-state index contributed by atoms with van der Waals surface area (Å²) in [6, 6.07) is 9.11. The standard InChI is InChI=1S/C18H23N3O3/c1-5-21(6-2)18(22)15-11-14(9-10-19-15)20-13-7-8-16(23-3)17(12-13)24-4/h7-12H,5-6H2,1-4H3,(H,19,20). The lowest BCUT2D eigenvalue weighted by Gasteiger charge is -2.18. The van der Waals surface area contributed by atoms with Gasteiger partial charge < -0.3 is 19.7 Å². The van der Waals surface area contributed by atoms with Crippen molar-refractivity contribution in [3.8, 4) is 11.5 Å². The van der Waals surface area contributed by atoms with E-state index in [-0.39, 0.29) is 5.91 Å². The molecule has 6 heteroatoms. The number of amides is 1. The summed E-state index contributed by atoms with van der Waals surface area (Å²) in [5.74, 6) is 1.22. The molecule has 24 heavy (non-hydrogen) atoms. The molecule has 0 fully saturated rings. The van der Waals surface area contributed by atoms with Crippen molar-refractivity contribution >= 4 is 17.3 Å². The lowest BCUT2D eigenvalue weighted by molar-refractivity contribution is 0.0767. The highest BCUT2D eigenvalue weighted by atomic mass is 16.5. The molecule has 0 spiro atoms. The van der Waals surface area contributed by atoms with Crippen molar-refractivity contribution in [1.29, 1.82) is 0 Å². The van der Waals surface area contributed by atoms with Crippen LogP contribution in [0.1, 0.15) is 24.3 Å². The Morgan fingerprint density at radius 2 is 1.71 bits per heavy atom. The molecule has 2 rings (SSSR count). The number of anilines is 2. The SMILES string of the molecule is CCN(CC)C(=O)c1cc(Nc2ccc(OC)c(OC)c2)ccn1. The number of rotatable bonds is 7. The molecule has 1 aromatic carbocycles. The molecule has 0 unspecified atom stereocenters. The Hall–Kier alpha value is -2.76. The largest absolute Gasteiger partial charge is 0.493 e. The number of pyridine rings is 1. The van der Waals surface area contributed by atoms with Crippen LogP contribution in [0, 0.1) is 0 Å². The summed E-state index contributed by atoms with van der Waals surface area (Å²) in [5.41, 5.74) is 2.04. The van der Waals surface area contributed by atoms with Gasteiger partial charge in [-0.05, 0) is 38.1 Å². The van der Waals surface area contributed by atoms with E-state index in [9.17, 15) is 4.79 Å². The van der Waals surface area contributed by atoms with Crippen LogP contribution in [-0.4, -0.2) is 43.1 Å². The van der Waals surface area contributed by atoms with Gasteiger partial charge in [-0.3, -0.25) is 9.78 Å². The molecule has 0 saturated heterocycles. The number of hydrogen-bond donors (Lipinski definition) is 1. The Morgan fingerprint density at radius 3 is 2.33 bits per heavy atom. The molecular weight excluding hydrogens is 306 g/mol. The first kappa shape index (κ1) is 17.6. The van der Waals surface area contributed by atoms with E-state index in [1.807, 2.05) is 38.1 Å². The first-order chi connectivity index (χ1) is 11.6. The highest BCUT2D eigenvalue weighted by Gasteiger charge is 2.14. The van der Waals surface area contributed by atoms with Crippen LogP contribution in [-0.2, 0) is 0 Å². The van der Waals surface area contributed by atoms with Crippen molar-refractivity contribution in [1.82, 2.24) is 9.88 Å². The van der Waals surface area contributed by atoms with E-state index in [0.717, 1.165) is 11.4 Å². The predicted molar refractivity (Wildman–Crippen MR) is 94.3 cm³/mol. The van der Waals surface area contributed by atoms with Crippen molar-refractivity contribution < 1.29 is 14.3 Å². The van der Waals surface area contributed by atoms with Crippen LogP contribution in [0.3, 0.4) is 0 Å². The third-order valence-electron chi connectivity index (χ3n) is 3.70. The zero-order valence-corrected chi connectivity index (χ0v) is 14.5. The fourth-order valence-corrected chi connectivity index (χ4v) is 2.38. The highest BCUT2D eigenvalue weighted by Crippen LogP contribution is 2.31. The van der Waals surface area contributed by atoms with Crippen molar-refractivity contribution in [2.75, 3.05) is 32.6 Å². The molecule has 0 bridgehead atoms. The maximum absolute atomic E-state index is 12.4. The minimum Gasteiger partial charge on any atom is -0.493 e. The van der Waals surface area contributed by atoms with Crippen molar-refractivity contribution in [2.45, 2.75) is 13.8 Å². The molecule has 6 nitrogen and oxygen atoms in total. The molecule has 0 radical (unpaired) electrons. The van der Waals surface area contributed by atoms with Gasteiger partial charge in [0.25, 0.3) is 5.91 Å². The number of carbonyl (C=O) groups excluding carboxylic acids is 1. The summed E-state index contributed by atoms with van der Waals surface area (Å²) < 4.78 is 10.5. The van der Waals surface area contributed by atoms with E-state index in [1.165, 1.54) is 0 Å². The molecule has 1 N–H and O–H groups in total. The number of carbonyl (C=O) groups is 1. The molecule has 128 valence electrons. The minimum absolute atomic E-state index is 0.0732. The van der Waals surface area contributed by atoms with Gasteiger partial charge in [-0.2, -0.15) is 0 Å². The number of hydrogen-bond acceptors (Lipinski definition) is 5. The average Bonchev–Trinajstić information content (AvgIpc) is 2.62.